The standard InChI is InChI=1S/C11H21NS/c1-6-9-11(7-2)13-10(4)12(5)8-3/h9H,4,6-8H2,1-3,5H3/b11-9-. The van der Waals surface area contributed by atoms with Crippen LogP contribution >= 0.6 is 11.8 Å². The smallest absolute Gasteiger partial charge is 0.0676 e. The lowest BCUT2D eigenvalue weighted by Gasteiger charge is -2.19. The minimum atomic E-state index is 1.02. The Kier molecular flexibility index (Phi) is 6.87. The summed E-state index contributed by atoms with van der Waals surface area (Å²) in [6.45, 7) is 11.6. The van der Waals surface area contributed by atoms with Gasteiger partial charge in [-0.05, 0) is 24.7 Å². The van der Waals surface area contributed by atoms with E-state index in [0.717, 1.165) is 24.4 Å². The maximum atomic E-state index is 4.04. The Labute approximate surface area is 86.9 Å². The van der Waals surface area contributed by atoms with Gasteiger partial charge in [-0.3, -0.25) is 0 Å². The third-order valence-corrected chi connectivity index (χ3v) is 3.19. The van der Waals surface area contributed by atoms with Gasteiger partial charge in [-0.25, -0.2) is 0 Å². The van der Waals surface area contributed by atoms with Crippen molar-refractivity contribution in [2.45, 2.75) is 33.6 Å². The molecule has 0 aromatic rings. The van der Waals surface area contributed by atoms with Crippen LogP contribution in [0.4, 0.5) is 0 Å². The first kappa shape index (κ1) is 12.6. The van der Waals surface area contributed by atoms with Crippen molar-refractivity contribution in [2.75, 3.05) is 13.6 Å². The molecule has 76 valence electrons. The van der Waals surface area contributed by atoms with Gasteiger partial charge in [0.2, 0.25) is 0 Å². The molecule has 2 heteroatoms. The Bertz CT molecular complexity index is 185. The Morgan fingerprint density at radius 3 is 2.38 bits per heavy atom. The Hall–Kier alpha value is -0.370. The van der Waals surface area contributed by atoms with E-state index >= 15 is 0 Å². The molecule has 0 amide bonds. The molecular weight excluding hydrogens is 178 g/mol. The normalized spacial score (nSPS) is 11.5. The monoisotopic (exact) mass is 199 g/mol. The molecule has 13 heavy (non-hydrogen) atoms. The summed E-state index contributed by atoms with van der Waals surface area (Å²) in [5.74, 6) is 0. The summed E-state index contributed by atoms with van der Waals surface area (Å²) in [5, 5.41) is 1.14. The molecule has 0 saturated heterocycles. The van der Waals surface area contributed by atoms with Crippen LogP contribution in [0.25, 0.3) is 0 Å². The molecular formula is C11H21NS. The van der Waals surface area contributed by atoms with Crippen molar-refractivity contribution >= 4 is 11.8 Å². The number of allylic oxidation sites excluding steroid dienone is 2. The molecule has 0 saturated carbocycles. The van der Waals surface area contributed by atoms with E-state index in [1.165, 1.54) is 4.91 Å². The fourth-order valence-corrected chi connectivity index (χ4v) is 1.87. The van der Waals surface area contributed by atoms with Gasteiger partial charge >= 0.3 is 0 Å². The van der Waals surface area contributed by atoms with Crippen LogP contribution < -0.4 is 0 Å². The number of thioether (sulfide) groups is 1. The molecule has 0 radical (unpaired) electrons. The van der Waals surface area contributed by atoms with Crippen molar-refractivity contribution in [1.29, 1.82) is 0 Å². The van der Waals surface area contributed by atoms with Crippen LogP contribution in [0.3, 0.4) is 0 Å². The second-order valence-corrected chi connectivity index (χ2v) is 4.14. The number of hydrogen-bond acceptors (Lipinski definition) is 2. The molecule has 0 heterocycles. The molecule has 1 nitrogen and oxygen atoms in total. The van der Waals surface area contributed by atoms with Crippen LogP contribution in [0.15, 0.2) is 22.6 Å². The van der Waals surface area contributed by atoms with Gasteiger partial charge in [0.15, 0.2) is 0 Å². The van der Waals surface area contributed by atoms with Crippen LogP contribution in [-0.2, 0) is 0 Å². The SMILES string of the molecule is C=C(S/C(=C\CC)CC)N(C)CC. The van der Waals surface area contributed by atoms with E-state index in [1.807, 2.05) is 0 Å². The quantitative estimate of drug-likeness (QED) is 0.639. The zero-order chi connectivity index (χ0) is 10.3. The summed E-state index contributed by atoms with van der Waals surface area (Å²) in [6, 6.07) is 0. The first-order chi connectivity index (χ1) is 6.15. The van der Waals surface area contributed by atoms with Gasteiger partial charge in [-0.2, -0.15) is 0 Å². The van der Waals surface area contributed by atoms with E-state index < -0.39 is 0 Å². The molecule has 0 aromatic heterocycles. The number of hydrogen-bond donors (Lipinski definition) is 0. The minimum Gasteiger partial charge on any atom is -0.370 e. The maximum Gasteiger partial charge on any atom is 0.0676 e. The van der Waals surface area contributed by atoms with Crippen LogP contribution in [0.2, 0.25) is 0 Å². The summed E-state index contributed by atoms with van der Waals surface area (Å²) < 4.78 is 0. The van der Waals surface area contributed by atoms with Gasteiger partial charge in [0.05, 0.1) is 5.03 Å². The first-order valence-electron chi connectivity index (χ1n) is 4.92. The molecule has 0 atom stereocenters. The zero-order valence-electron chi connectivity index (χ0n) is 9.26. The topological polar surface area (TPSA) is 3.24 Å². The highest BCUT2D eigenvalue weighted by Gasteiger charge is 2.02. The van der Waals surface area contributed by atoms with Gasteiger partial charge < -0.3 is 4.90 Å². The first-order valence-corrected chi connectivity index (χ1v) is 5.74. The number of rotatable bonds is 6. The highest BCUT2D eigenvalue weighted by molar-refractivity contribution is 8.06. The average Bonchev–Trinajstić information content (AvgIpc) is 2.15. The highest BCUT2D eigenvalue weighted by Crippen LogP contribution is 2.28. The summed E-state index contributed by atoms with van der Waals surface area (Å²) in [6.07, 6.45) is 4.49. The number of nitrogens with zero attached hydrogens (tertiary/aromatic N) is 1. The van der Waals surface area contributed by atoms with Crippen molar-refractivity contribution in [3.05, 3.63) is 22.6 Å². The molecule has 0 aromatic carbocycles. The fraction of sp³-hybridized carbons (Fsp3) is 0.636. The van der Waals surface area contributed by atoms with Crippen molar-refractivity contribution in [2.24, 2.45) is 0 Å². The van der Waals surface area contributed by atoms with Gasteiger partial charge in [0, 0.05) is 13.6 Å². The van der Waals surface area contributed by atoms with Gasteiger partial charge in [0.1, 0.15) is 0 Å². The molecule has 0 rings (SSSR count). The Morgan fingerprint density at radius 1 is 1.38 bits per heavy atom. The van der Waals surface area contributed by atoms with E-state index in [9.17, 15) is 0 Å². The predicted octanol–water partition coefficient (Wildman–Crippen LogP) is 3.85. The van der Waals surface area contributed by atoms with E-state index in [2.05, 4.69) is 45.4 Å². The second-order valence-electron chi connectivity index (χ2n) is 2.94. The predicted molar refractivity (Wildman–Crippen MR) is 63.7 cm³/mol. The summed E-state index contributed by atoms with van der Waals surface area (Å²) in [5.41, 5.74) is 0. The third kappa shape index (κ3) is 5.04. The van der Waals surface area contributed by atoms with Crippen LogP contribution in [-0.4, -0.2) is 18.5 Å². The molecule has 0 aliphatic carbocycles. The summed E-state index contributed by atoms with van der Waals surface area (Å²) >= 11 is 1.79. The fourth-order valence-electron chi connectivity index (χ4n) is 0.891. The van der Waals surface area contributed by atoms with Crippen LogP contribution in [0, 0.1) is 0 Å². The molecule has 0 unspecified atom stereocenters. The zero-order valence-corrected chi connectivity index (χ0v) is 10.1. The average molecular weight is 199 g/mol. The summed E-state index contributed by atoms with van der Waals surface area (Å²) in [4.78, 5) is 3.59. The third-order valence-electron chi connectivity index (χ3n) is 1.93. The van der Waals surface area contributed by atoms with Crippen molar-refractivity contribution < 1.29 is 0 Å². The molecule has 0 fully saturated rings. The second kappa shape index (κ2) is 7.07. The van der Waals surface area contributed by atoms with E-state index in [4.69, 9.17) is 0 Å². The molecule has 0 spiro atoms. The lowest BCUT2D eigenvalue weighted by atomic mass is 10.3. The lowest BCUT2D eigenvalue weighted by Crippen LogP contribution is -2.13. The molecule has 0 aliphatic rings. The van der Waals surface area contributed by atoms with E-state index in [-0.39, 0.29) is 0 Å². The van der Waals surface area contributed by atoms with Crippen molar-refractivity contribution in [3.8, 4) is 0 Å². The Balaban J connectivity index is 4.09. The molecule has 0 aliphatic heterocycles. The van der Waals surface area contributed by atoms with Crippen molar-refractivity contribution in [1.82, 2.24) is 4.90 Å². The highest BCUT2D eigenvalue weighted by atomic mass is 32.2. The molecule has 0 bridgehead atoms. The maximum absolute atomic E-state index is 4.04. The summed E-state index contributed by atoms with van der Waals surface area (Å²) in [7, 11) is 2.08. The van der Waals surface area contributed by atoms with Crippen LogP contribution in [0.1, 0.15) is 33.6 Å². The van der Waals surface area contributed by atoms with E-state index in [0.29, 0.717) is 0 Å². The van der Waals surface area contributed by atoms with Gasteiger partial charge in [0.25, 0.3) is 0 Å². The minimum absolute atomic E-state index is 1.02. The lowest BCUT2D eigenvalue weighted by molar-refractivity contribution is 0.474. The van der Waals surface area contributed by atoms with Crippen LogP contribution in [0.5, 0.6) is 0 Å². The van der Waals surface area contributed by atoms with Crippen molar-refractivity contribution in [3.63, 3.8) is 0 Å². The van der Waals surface area contributed by atoms with Gasteiger partial charge in [-0.15, -0.1) is 0 Å². The Morgan fingerprint density at radius 2 is 2.00 bits per heavy atom. The molecule has 0 N–H and O–H groups in total. The van der Waals surface area contributed by atoms with E-state index in [1.54, 1.807) is 11.8 Å². The largest absolute Gasteiger partial charge is 0.370 e. The van der Waals surface area contributed by atoms with Gasteiger partial charge in [-0.1, -0.05) is 38.3 Å².